The molecule has 0 saturated carbocycles. The SMILES string of the molecule is F[B-](F)(F)F.F[B-](F)(F)F.c1ccc(P(c2ccccc2)c2ccc3ccccc3c2-c2cccc3ccccc23)cc1. The van der Waals surface area contributed by atoms with Crippen molar-refractivity contribution in [2.24, 2.45) is 0 Å². The third-order valence-corrected chi connectivity index (χ3v) is 8.72. The molecule has 6 aromatic carbocycles. The fraction of sp³-hybridized carbons (Fsp3) is 0. The van der Waals surface area contributed by atoms with Crippen LogP contribution in [0.4, 0.5) is 34.5 Å². The predicted octanol–water partition coefficient (Wildman–Crippen LogP) is 10.0. The molecule has 11 heteroatoms. The lowest BCUT2D eigenvalue weighted by Crippen LogP contribution is -2.22. The van der Waals surface area contributed by atoms with E-state index in [0.29, 0.717) is 0 Å². The van der Waals surface area contributed by atoms with Crippen LogP contribution in [-0.4, -0.2) is 14.5 Å². The van der Waals surface area contributed by atoms with Crippen LogP contribution in [0.25, 0.3) is 32.7 Å². The average Bonchev–Trinajstić information content (AvgIpc) is 2.96. The number of fused-ring (bicyclic) bond motifs is 2. The average molecular weight is 612 g/mol. The minimum Gasteiger partial charge on any atom is -0.418 e. The van der Waals surface area contributed by atoms with Gasteiger partial charge in [-0.05, 0) is 56.5 Å². The van der Waals surface area contributed by atoms with Gasteiger partial charge in [0.25, 0.3) is 0 Å². The summed E-state index contributed by atoms with van der Waals surface area (Å²) in [6.07, 6.45) is 0. The molecule has 0 saturated heterocycles. The van der Waals surface area contributed by atoms with Crippen molar-refractivity contribution in [2.45, 2.75) is 0 Å². The maximum Gasteiger partial charge on any atom is 0.673 e. The van der Waals surface area contributed by atoms with Crippen LogP contribution in [0.2, 0.25) is 0 Å². The van der Waals surface area contributed by atoms with Crippen LogP contribution in [-0.2, 0) is 0 Å². The Balaban J connectivity index is 0.000000369. The minimum atomic E-state index is -6.00. The maximum atomic E-state index is 9.75. The van der Waals surface area contributed by atoms with Gasteiger partial charge in [-0.25, -0.2) is 0 Å². The van der Waals surface area contributed by atoms with E-state index in [2.05, 4.69) is 140 Å². The van der Waals surface area contributed by atoms with Crippen molar-refractivity contribution >= 4 is 59.9 Å². The lowest BCUT2D eigenvalue weighted by Gasteiger charge is -2.24. The second-order valence-electron chi connectivity index (χ2n) is 9.20. The lowest BCUT2D eigenvalue weighted by atomic mass is 9.94. The van der Waals surface area contributed by atoms with Gasteiger partial charge in [0.15, 0.2) is 0 Å². The first-order chi connectivity index (χ1) is 20.4. The van der Waals surface area contributed by atoms with Crippen LogP contribution >= 0.6 is 7.92 Å². The molecule has 0 heterocycles. The van der Waals surface area contributed by atoms with E-state index >= 15 is 0 Å². The molecule has 6 aromatic rings. The largest absolute Gasteiger partial charge is 0.673 e. The van der Waals surface area contributed by atoms with E-state index in [0.717, 1.165) is 0 Å². The highest BCUT2D eigenvalue weighted by atomic mass is 31.1. The van der Waals surface area contributed by atoms with Crippen LogP contribution < -0.4 is 15.9 Å². The Morgan fingerprint density at radius 1 is 0.372 bits per heavy atom. The van der Waals surface area contributed by atoms with Gasteiger partial charge >= 0.3 is 14.5 Å². The molecular formula is C32H23B2F8P-2. The third-order valence-electron chi connectivity index (χ3n) is 6.24. The zero-order valence-corrected chi connectivity index (χ0v) is 23.3. The monoisotopic (exact) mass is 612 g/mol. The molecule has 0 aliphatic rings. The quantitative estimate of drug-likeness (QED) is 0.106. The highest BCUT2D eigenvalue weighted by molar-refractivity contribution is 7.80. The summed E-state index contributed by atoms with van der Waals surface area (Å²) in [4.78, 5) is 0. The Labute approximate surface area is 245 Å². The van der Waals surface area contributed by atoms with Gasteiger partial charge in [0.05, 0.1) is 0 Å². The van der Waals surface area contributed by atoms with Crippen molar-refractivity contribution in [3.05, 3.63) is 140 Å². The number of hydrogen-bond donors (Lipinski definition) is 0. The molecular weight excluding hydrogens is 589 g/mol. The van der Waals surface area contributed by atoms with Gasteiger partial charge in [0, 0.05) is 0 Å². The molecule has 43 heavy (non-hydrogen) atoms. The van der Waals surface area contributed by atoms with Crippen LogP contribution in [0.5, 0.6) is 0 Å². The lowest BCUT2D eigenvalue weighted by molar-refractivity contribution is 0.366. The van der Waals surface area contributed by atoms with Crippen LogP contribution in [0, 0.1) is 0 Å². The van der Waals surface area contributed by atoms with Crippen molar-refractivity contribution < 1.29 is 34.5 Å². The first-order valence-corrected chi connectivity index (χ1v) is 14.4. The fourth-order valence-corrected chi connectivity index (χ4v) is 7.24. The summed E-state index contributed by atoms with van der Waals surface area (Å²) in [5.41, 5.74) is 2.66. The predicted molar refractivity (Wildman–Crippen MR) is 166 cm³/mol. The molecule has 0 aliphatic heterocycles. The zero-order valence-electron chi connectivity index (χ0n) is 22.4. The maximum absolute atomic E-state index is 9.75. The highest BCUT2D eigenvalue weighted by Gasteiger charge is 2.23. The van der Waals surface area contributed by atoms with Crippen LogP contribution in [0.15, 0.2) is 140 Å². The molecule has 0 aliphatic carbocycles. The first kappa shape index (κ1) is 31.8. The Bertz CT molecular complexity index is 1710. The molecule has 0 aromatic heterocycles. The second-order valence-corrected chi connectivity index (χ2v) is 11.4. The third kappa shape index (κ3) is 9.16. The van der Waals surface area contributed by atoms with E-state index in [1.165, 1.54) is 48.6 Å². The topological polar surface area (TPSA) is 0 Å². The van der Waals surface area contributed by atoms with Gasteiger partial charge in [-0.1, -0.05) is 140 Å². The molecule has 0 unspecified atom stereocenters. The van der Waals surface area contributed by atoms with E-state index in [1.807, 2.05) is 0 Å². The molecule has 0 N–H and O–H groups in total. The molecule has 0 spiro atoms. The molecule has 6 rings (SSSR count). The van der Waals surface area contributed by atoms with Crippen molar-refractivity contribution in [1.29, 1.82) is 0 Å². The van der Waals surface area contributed by atoms with E-state index in [4.69, 9.17) is 0 Å². The standard InChI is InChI=1S/C32H23P.2BF4/c1-3-15-26(16-4-1)33(27-17-5-2-6-18-27)31-23-22-25-13-8-10-20-29(25)32(31)30-21-11-14-24-12-7-9-19-28(24)30;2*2-1(3,4)5/h1-23H;;/q;2*-1. The van der Waals surface area contributed by atoms with Gasteiger partial charge in [-0.15, -0.1) is 0 Å². The smallest absolute Gasteiger partial charge is 0.418 e. The molecule has 0 fully saturated rings. The van der Waals surface area contributed by atoms with Gasteiger partial charge in [-0.3, -0.25) is 0 Å². The summed E-state index contributed by atoms with van der Waals surface area (Å²) in [5, 5.41) is 9.31. The summed E-state index contributed by atoms with van der Waals surface area (Å²) < 4.78 is 78.0. The molecule has 0 atom stereocenters. The van der Waals surface area contributed by atoms with Gasteiger partial charge in [0.2, 0.25) is 0 Å². The van der Waals surface area contributed by atoms with Crippen molar-refractivity contribution in [1.82, 2.24) is 0 Å². The van der Waals surface area contributed by atoms with Crippen molar-refractivity contribution in [3.8, 4) is 11.1 Å². The summed E-state index contributed by atoms with van der Waals surface area (Å²) in [6, 6.07) is 50.8. The summed E-state index contributed by atoms with van der Waals surface area (Å²) in [5.74, 6) is 0. The second kappa shape index (κ2) is 13.9. The molecule has 0 bridgehead atoms. The summed E-state index contributed by atoms with van der Waals surface area (Å²) in [7, 11) is -12.7. The Morgan fingerprint density at radius 3 is 1.28 bits per heavy atom. The molecule has 0 nitrogen and oxygen atoms in total. The number of hydrogen-bond acceptors (Lipinski definition) is 0. The fourth-order valence-electron chi connectivity index (χ4n) is 4.75. The Kier molecular flexibility index (Phi) is 10.3. The van der Waals surface area contributed by atoms with E-state index < -0.39 is 22.4 Å². The molecule has 0 amide bonds. The Morgan fingerprint density at radius 2 is 0.767 bits per heavy atom. The van der Waals surface area contributed by atoms with E-state index in [9.17, 15) is 34.5 Å². The minimum absolute atomic E-state index is 0.719. The zero-order chi connectivity index (χ0) is 31.0. The van der Waals surface area contributed by atoms with Crippen LogP contribution in [0.3, 0.4) is 0 Å². The number of halogens is 8. The summed E-state index contributed by atoms with van der Waals surface area (Å²) >= 11 is 0. The van der Waals surface area contributed by atoms with Gasteiger partial charge < -0.3 is 34.5 Å². The number of benzene rings is 6. The van der Waals surface area contributed by atoms with Crippen molar-refractivity contribution in [2.75, 3.05) is 0 Å². The normalized spacial score (nSPS) is 11.5. The van der Waals surface area contributed by atoms with Gasteiger partial charge in [0.1, 0.15) is 0 Å². The highest BCUT2D eigenvalue weighted by Crippen LogP contribution is 2.41. The van der Waals surface area contributed by atoms with E-state index in [-0.39, 0.29) is 0 Å². The van der Waals surface area contributed by atoms with Crippen molar-refractivity contribution in [3.63, 3.8) is 0 Å². The Hall–Kier alpha value is -4.16. The molecule has 220 valence electrons. The molecule has 0 radical (unpaired) electrons. The van der Waals surface area contributed by atoms with Gasteiger partial charge in [-0.2, -0.15) is 0 Å². The summed E-state index contributed by atoms with van der Waals surface area (Å²) in [6.45, 7) is 0. The van der Waals surface area contributed by atoms with E-state index in [1.54, 1.807) is 0 Å². The first-order valence-electron chi connectivity index (χ1n) is 13.0. The number of rotatable bonds is 4. The van der Waals surface area contributed by atoms with Crippen LogP contribution in [0.1, 0.15) is 0 Å².